The molecule has 68 valence electrons. The maximum absolute atomic E-state index is 12.0. The van der Waals surface area contributed by atoms with E-state index in [9.17, 15) is 13.2 Å². The quantitative estimate of drug-likeness (QED) is 0.732. The molecular weight excluding hydrogens is 187 g/mol. The Hall–Kier alpha value is -0.550. The summed E-state index contributed by atoms with van der Waals surface area (Å²) in [6.07, 6.45) is -4.34. The van der Waals surface area contributed by atoms with E-state index in [4.69, 9.17) is 5.73 Å². The van der Waals surface area contributed by atoms with Crippen molar-refractivity contribution in [1.82, 2.24) is 0 Å². The summed E-state index contributed by atoms with van der Waals surface area (Å²) in [7, 11) is 0. The topological polar surface area (TPSA) is 26.0 Å². The van der Waals surface area contributed by atoms with Crippen LogP contribution in [0, 0.1) is 6.92 Å². The van der Waals surface area contributed by atoms with Crippen molar-refractivity contribution in [3.63, 3.8) is 0 Å². The monoisotopic (exact) mass is 195 g/mol. The average molecular weight is 195 g/mol. The van der Waals surface area contributed by atoms with Gasteiger partial charge in [-0.15, -0.1) is 11.3 Å². The second-order valence-corrected chi connectivity index (χ2v) is 3.49. The lowest BCUT2D eigenvalue weighted by Gasteiger charge is -2.12. The summed E-state index contributed by atoms with van der Waals surface area (Å²) in [4.78, 5) is 0.167. The lowest BCUT2D eigenvalue weighted by atomic mass is 10.2. The van der Waals surface area contributed by atoms with E-state index in [0.717, 1.165) is 16.9 Å². The van der Waals surface area contributed by atoms with Gasteiger partial charge in [-0.25, -0.2) is 0 Å². The molecule has 0 radical (unpaired) electrons. The highest BCUT2D eigenvalue weighted by molar-refractivity contribution is 7.10. The Morgan fingerprint density at radius 2 is 2.08 bits per heavy atom. The maximum Gasteiger partial charge on any atom is 0.408 e. The molecule has 0 spiro atoms. The van der Waals surface area contributed by atoms with Gasteiger partial charge in [0.1, 0.15) is 6.04 Å². The summed E-state index contributed by atoms with van der Waals surface area (Å²) >= 11 is 1.04. The van der Waals surface area contributed by atoms with Crippen LogP contribution < -0.4 is 5.73 Å². The van der Waals surface area contributed by atoms with E-state index < -0.39 is 12.2 Å². The lowest BCUT2D eigenvalue weighted by Crippen LogP contribution is -2.27. The van der Waals surface area contributed by atoms with Crippen molar-refractivity contribution in [1.29, 1.82) is 0 Å². The maximum atomic E-state index is 12.0. The first-order valence-corrected chi connectivity index (χ1v) is 4.16. The Labute approximate surface area is 72.0 Å². The van der Waals surface area contributed by atoms with Crippen LogP contribution in [0.1, 0.15) is 16.5 Å². The van der Waals surface area contributed by atoms with Crippen molar-refractivity contribution in [3.8, 4) is 0 Å². The minimum atomic E-state index is -4.34. The Balaban J connectivity index is 2.85. The smallest absolute Gasteiger partial charge is 0.316 e. The van der Waals surface area contributed by atoms with Crippen molar-refractivity contribution in [3.05, 3.63) is 21.9 Å². The van der Waals surface area contributed by atoms with E-state index in [1.165, 1.54) is 6.07 Å². The van der Waals surface area contributed by atoms with Crippen molar-refractivity contribution in [2.45, 2.75) is 19.1 Å². The van der Waals surface area contributed by atoms with Crippen LogP contribution in [-0.4, -0.2) is 6.18 Å². The molecule has 1 rings (SSSR count). The molecule has 0 aliphatic heterocycles. The van der Waals surface area contributed by atoms with E-state index in [2.05, 4.69) is 0 Å². The molecule has 0 amide bonds. The number of hydrogen-bond donors (Lipinski definition) is 1. The largest absolute Gasteiger partial charge is 0.408 e. The van der Waals surface area contributed by atoms with Crippen LogP contribution in [0.2, 0.25) is 0 Å². The highest BCUT2D eigenvalue weighted by atomic mass is 32.1. The number of hydrogen-bond acceptors (Lipinski definition) is 2. The van der Waals surface area contributed by atoms with Crippen molar-refractivity contribution >= 4 is 11.3 Å². The predicted octanol–water partition coefficient (Wildman–Crippen LogP) is 2.62. The Kier molecular flexibility index (Phi) is 2.44. The van der Waals surface area contributed by atoms with Crippen LogP contribution in [0.4, 0.5) is 13.2 Å². The summed E-state index contributed by atoms with van der Waals surface area (Å²) in [5.41, 5.74) is 5.79. The first-order chi connectivity index (χ1) is 5.41. The zero-order valence-electron chi connectivity index (χ0n) is 6.35. The number of thiophene rings is 1. The minimum absolute atomic E-state index is 0.167. The molecule has 1 aromatic rings. The molecule has 1 heterocycles. The van der Waals surface area contributed by atoms with E-state index in [1.54, 1.807) is 12.3 Å². The SMILES string of the molecule is Cc1csc([C@H](N)C(F)(F)F)c1. The number of halogens is 3. The van der Waals surface area contributed by atoms with Gasteiger partial charge in [0, 0.05) is 4.88 Å². The molecule has 0 aliphatic rings. The van der Waals surface area contributed by atoms with Crippen molar-refractivity contribution in [2.24, 2.45) is 5.73 Å². The molecule has 0 aromatic carbocycles. The summed E-state index contributed by atoms with van der Waals surface area (Å²) in [6, 6.07) is -0.376. The third kappa shape index (κ3) is 1.98. The fourth-order valence-electron chi connectivity index (χ4n) is 0.778. The number of nitrogens with two attached hydrogens (primary N) is 1. The van der Waals surface area contributed by atoms with Gasteiger partial charge in [-0.05, 0) is 23.9 Å². The van der Waals surface area contributed by atoms with Gasteiger partial charge < -0.3 is 5.73 Å². The molecule has 1 aromatic heterocycles. The van der Waals surface area contributed by atoms with Crippen LogP contribution in [0.5, 0.6) is 0 Å². The standard InChI is InChI=1S/C7H8F3NS/c1-4-2-5(12-3-4)6(11)7(8,9)10/h2-3,6H,11H2,1H3/t6-/m0/s1. The third-order valence-corrected chi connectivity index (χ3v) is 2.54. The third-order valence-electron chi connectivity index (χ3n) is 1.41. The number of alkyl halides is 3. The van der Waals surface area contributed by atoms with Crippen LogP contribution in [0.25, 0.3) is 0 Å². The van der Waals surface area contributed by atoms with E-state index in [0.29, 0.717) is 0 Å². The van der Waals surface area contributed by atoms with Crippen molar-refractivity contribution in [2.75, 3.05) is 0 Å². The zero-order valence-corrected chi connectivity index (χ0v) is 7.17. The first kappa shape index (κ1) is 9.54. The van der Waals surface area contributed by atoms with Gasteiger partial charge in [-0.3, -0.25) is 0 Å². The van der Waals surface area contributed by atoms with Gasteiger partial charge in [-0.2, -0.15) is 13.2 Å². The molecule has 1 atom stereocenters. The molecule has 0 saturated carbocycles. The van der Waals surface area contributed by atoms with E-state index >= 15 is 0 Å². The van der Waals surface area contributed by atoms with Gasteiger partial charge in [0.25, 0.3) is 0 Å². The summed E-state index contributed by atoms with van der Waals surface area (Å²) in [5, 5.41) is 1.65. The summed E-state index contributed by atoms with van der Waals surface area (Å²) < 4.78 is 36.1. The molecule has 0 fully saturated rings. The van der Waals surface area contributed by atoms with Crippen LogP contribution >= 0.6 is 11.3 Å². The van der Waals surface area contributed by atoms with Gasteiger partial charge in [0.2, 0.25) is 0 Å². The van der Waals surface area contributed by atoms with Crippen molar-refractivity contribution < 1.29 is 13.2 Å². The van der Waals surface area contributed by atoms with Gasteiger partial charge in [0.05, 0.1) is 0 Å². The Morgan fingerprint density at radius 1 is 1.50 bits per heavy atom. The van der Waals surface area contributed by atoms with E-state index in [1.807, 2.05) is 0 Å². The van der Waals surface area contributed by atoms with Crippen LogP contribution in [-0.2, 0) is 0 Å². The summed E-state index contributed by atoms with van der Waals surface area (Å²) in [5.74, 6) is 0. The second-order valence-electron chi connectivity index (χ2n) is 2.55. The molecule has 5 heteroatoms. The number of aryl methyl sites for hydroxylation is 1. The first-order valence-electron chi connectivity index (χ1n) is 3.28. The normalized spacial score (nSPS) is 14.8. The molecule has 2 N–H and O–H groups in total. The zero-order chi connectivity index (χ0) is 9.35. The Bertz CT molecular complexity index is 266. The minimum Gasteiger partial charge on any atom is -0.316 e. The molecule has 1 nitrogen and oxygen atoms in total. The molecule has 0 aliphatic carbocycles. The lowest BCUT2D eigenvalue weighted by molar-refractivity contribution is -0.148. The van der Waals surface area contributed by atoms with Crippen LogP contribution in [0.3, 0.4) is 0 Å². The summed E-state index contributed by atoms with van der Waals surface area (Å²) in [6.45, 7) is 1.74. The molecule has 0 saturated heterocycles. The van der Waals surface area contributed by atoms with Crippen LogP contribution in [0.15, 0.2) is 11.4 Å². The average Bonchev–Trinajstić information content (AvgIpc) is 2.32. The van der Waals surface area contributed by atoms with Gasteiger partial charge >= 0.3 is 6.18 Å². The molecule has 12 heavy (non-hydrogen) atoms. The van der Waals surface area contributed by atoms with Gasteiger partial charge in [0.15, 0.2) is 0 Å². The fourth-order valence-corrected chi connectivity index (χ4v) is 1.70. The highest BCUT2D eigenvalue weighted by Gasteiger charge is 2.38. The fraction of sp³-hybridized carbons (Fsp3) is 0.429. The predicted molar refractivity (Wildman–Crippen MR) is 42.0 cm³/mol. The Morgan fingerprint density at radius 3 is 2.42 bits per heavy atom. The number of rotatable bonds is 1. The molecule has 0 unspecified atom stereocenters. The van der Waals surface area contributed by atoms with E-state index in [-0.39, 0.29) is 4.88 Å². The molecular formula is C7H8F3NS. The second kappa shape index (κ2) is 3.06. The highest BCUT2D eigenvalue weighted by Crippen LogP contribution is 2.33. The van der Waals surface area contributed by atoms with Gasteiger partial charge in [-0.1, -0.05) is 0 Å². The molecule has 0 bridgehead atoms.